The van der Waals surface area contributed by atoms with Crippen molar-refractivity contribution in [3.05, 3.63) is 70.7 Å². The highest BCUT2D eigenvalue weighted by Crippen LogP contribution is 2.19. The Morgan fingerprint density at radius 1 is 1.14 bits per heavy atom. The van der Waals surface area contributed by atoms with Gasteiger partial charge in [0.2, 0.25) is 10.0 Å². The maximum atomic E-state index is 12.5. The lowest BCUT2D eigenvalue weighted by atomic mass is 10.2. The number of aromatic nitrogens is 1. The lowest BCUT2D eigenvalue weighted by molar-refractivity contribution is 0.102. The first-order chi connectivity index (χ1) is 13.9. The van der Waals surface area contributed by atoms with Crippen LogP contribution in [0.1, 0.15) is 29.4 Å². The highest BCUT2D eigenvalue weighted by Gasteiger charge is 2.10. The summed E-state index contributed by atoms with van der Waals surface area (Å²) in [5.41, 5.74) is 4.03. The zero-order chi connectivity index (χ0) is 20.7. The fourth-order valence-electron chi connectivity index (χ4n) is 2.52. The molecule has 3 rings (SSSR count). The van der Waals surface area contributed by atoms with Crippen molar-refractivity contribution in [3.8, 4) is 5.75 Å². The molecule has 2 N–H and O–H groups in total. The second-order valence-electron chi connectivity index (χ2n) is 6.25. The molecule has 0 aliphatic heterocycles. The molecule has 0 fully saturated rings. The maximum absolute atomic E-state index is 12.5. The molecule has 9 heteroatoms. The molecule has 29 heavy (non-hydrogen) atoms. The third kappa shape index (κ3) is 6.30. The van der Waals surface area contributed by atoms with E-state index in [0.717, 1.165) is 5.69 Å². The molecule has 0 radical (unpaired) electrons. The highest BCUT2D eigenvalue weighted by molar-refractivity contribution is 7.92. The van der Waals surface area contributed by atoms with Gasteiger partial charge in [-0.2, -0.15) is 0 Å². The maximum Gasteiger partial charge on any atom is 0.255 e. The van der Waals surface area contributed by atoms with Crippen LogP contribution >= 0.6 is 11.3 Å². The van der Waals surface area contributed by atoms with E-state index in [-0.39, 0.29) is 11.7 Å². The van der Waals surface area contributed by atoms with Gasteiger partial charge >= 0.3 is 0 Å². The monoisotopic (exact) mass is 431 g/mol. The summed E-state index contributed by atoms with van der Waals surface area (Å²) in [4.78, 5) is 16.7. The second kappa shape index (κ2) is 9.53. The summed E-state index contributed by atoms with van der Waals surface area (Å²) in [5.74, 6) is 0.349. The first-order valence-electron chi connectivity index (χ1n) is 8.97. The van der Waals surface area contributed by atoms with E-state index in [9.17, 15) is 13.2 Å². The molecular formula is C20H21N3O4S2. The Labute approximate surface area is 173 Å². The summed E-state index contributed by atoms with van der Waals surface area (Å²) in [6.07, 6.45) is 0.538. The van der Waals surface area contributed by atoms with E-state index in [1.54, 1.807) is 61.0 Å². The van der Waals surface area contributed by atoms with E-state index >= 15 is 0 Å². The van der Waals surface area contributed by atoms with Crippen LogP contribution < -0.4 is 14.8 Å². The number of hydrogen-bond donors (Lipinski definition) is 2. The molecule has 152 valence electrons. The summed E-state index contributed by atoms with van der Waals surface area (Å²) in [7, 11) is -3.35. The van der Waals surface area contributed by atoms with Gasteiger partial charge in [-0.15, -0.1) is 11.3 Å². The molecule has 1 heterocycles. The Balaban J connectivity index is 1.60. The predicted octanol–water partition coefficient (Wildman–Crippen LogP) is 4.13. The zero-order valence-electron chi connectivity index (χ0n) is 15.8. The summed E-state index contributed by atoms with van der Waals surface area (Å²) in [6, 6.07) is 13.4. The van der Waals surface area contributed by atoms with E-state index in [4.69, 9.17) is 4.74 Å². The Hall–Kier alpha value is -2.91. The summed E-state index contributed by atoms with van der Waals surface area (Å²) < 4.78 is 31.8. The van der Waals surface area contributed by atoms with Gasteiger partial charge in [0.25, 0.3) is 5.91 Å². The van der Waals surface area contributed by atoms with Crippen molar-refractivity contribution in [1.29, 1.82) is 0 Å². The van der Waals surface area contributed by atoms with E-state index in [2.05, 4.69) is 15.0 Å². The number of ether oxygens (including phenoxy) is 1. The van der Waals surface area contributed by atoms with Gasteiger partial charge in [0.05, 0.1) is 17.0 Å². The minimum atomic E-state index is -3.35. The van der Waals surface area contributed by atoms with Gasteiger partial charge in [-0.1, -0.05) is 13.0 Å². The summed E-state index contributed by atoms with van der Waals surface area (Å²) in [6.45, 7) is 2.14. The normalized spacial score (nSPS) is 11.1. The number of nitrogens with one attached hydrogen (secondary N) is 2. The molecule has 2 aromatic carbocycles. The predicted molar refractivity (Wildman–Crippen MR) is 115 cm³/mol. The van der Waals surface area contributed by atoms with Crippen LogP contribution in [0.25, 0.3) is 0 Å². The third-order valence-electron chi connectivity index (χ3n) is 3.86. The molecule has 7 nitrogen and oxygen atoms in total. The molecule has 0 aliphatic carbocycles. The van der Waals surface area contributed by atoms with Gasteiger partial charge in [0, 0.05) is 22.3 Å². The quantitative estimate of drug-likeness (QED) is 0.531. The van der Waals surface area contributed by atoms with Crippen molar-refractivity contribution in [1.82, 2.24) is 4.98 Å². The molecule has 0 spiro atoms. The van der Waals surface area contributed by atoms with Crippen LogP contribution in [0.5, 0.6) is 5.75 Å². The molecule has 1 aromatic heterocycles. The first-order valence-corrected chi connectivity index (χ1v) is 11.6. The van der Waals surface area contributed by atoms with Gasteiger partial charge in [-0.05, 0) is 48.9 Å². The first kappa shape index (κ1) is 20.8. The van der Waals surface area contributed by atoms with E-state index in [0.29, 0.717) is 35.7 Å². The number of carbonyl (C=O) groups excluding carboxylic acids is 1. The molecule has 0 saturated heterocycles. The van der Waals surface area contributed by atoms with Crippen LogP contribution in [-0.4, -0.2) is 25.1 Å². The van der Waals surface area contributed by atoms with Crippen LogP contribution in [0.15, 0.2) is 59.4 Å². The van der Waals surface area contributed by atoms with Gasteiger partial charge in [-0.25, -0.2) is 13.4 Å². The minimum Gasteiger partial charge on any atom is -0.487 e. The minimum absolute atomic E-state index is 0.0619. The second-order valence-corrected chi connectivity index (χ2v) is 8.81. The van der Waals surface area contributed by atoms with Crippen LogP contribution in [0.3, 0.4) is 0 Å². The van der Waals surface area contributed by atoms with Crippen molar-refractivity contribution in [2.45, 2.75) is 20.0 Å². The van der Waals surface area contributed by atoms with Crippen molar-refractivity contribution in [3.63, 3.8) is 0 Å². The van der Waals surface area contributed by atoms with E-state index < -0.39 is 10.0 Å². The van der Waals surface area contributed by atoms with Crippen molar-refractivity contribution < 1.29 is 17.9 Å². The molecule has 0 saturated carbocycles. The molecule has 0 unspecified atom stereocenters. The number of anilines is 2. The molecule has 1 amide bonds. The topological polar surface area (TPSA) is 97.4 Å². The number of benzene rings is 2. The number of thiazole rings is 1. The van der Waals surface area contributed by atoms with E-state index in [1.165, 1.54) is 11.3 Å². The third-order valence-corrected chi connectivity index (χ3v) is 5.98. The Morgan fingerprint density at radius 2 is 1.90 bits per heavy atom. The van der Waals surface area contributed by atoms with Gasteiger partial charge in [-0.3, -0.25) is 9.52 Å². The van der Waals surface area contributed by atoms with Crippen molar-refractivity contribution >= 4 is 38.6 Å². The fraction of sp³-hybridized carbons (Fsp3) is 0.200. The number of rotatable bonds is 9. The summed E-state index contributed by atoms with van der Waals surface area (Å²) in [5, 5.41) is 4.69. The number of nitrogens with zero attached hydrogens (tertiary/aromatic N) is 1. The number of carbonyl (C=O) groups is 1. The average molecular weight is 432 g/mol. The fourth-order valence-corrected chi connectivity index (χ4v) is 4.20. The molecule has 0 bridgehead atoms. The van der Waals surface area contributed by atoms with Gasteiger partial charge in [0.15, 0.2) is 0 Å². The Morgan fingerprint density at radius 3 is 2.59 bits per heavy atom. The zero-order valence-corrected chi connectivity index (χ0v) is 17.4. The molecule has 0 atom stereocenters. The molecule has 0 aliphatic rings. The highest BCUT2D eigenvalue weighted by atomic mass is 32.2. The lowest BCUT2D eigenvalue weighted by Crippen LogP contribution is -2.16. The van der Waals surface area contributed by atoms with Gasteiger partial charge < -0.3 is 10.1 Å². The summed E-state index contributed by atoms with van der Waals surface area (Å²) >= 11 is 1.50. The molecule has 3 aromatic rings. The van der Waals surface area contributed by atoms with Crippen molar-refractivity contribution in [2.75, 3.05) is 15.8 Å². The largest absolute Gasteiger partial charge is 0.487 e. The van der Waals surface area contributed by atoms with E-state index in [1.807, 2.05) is 5.38 Å². The lowest BCUT2D eigenvalue weighted by Gasteiger charge is -2.10. The smallest absolute Gasteiger partial charge is 0.255 e. The average Bonchev–Trinajstić information content (AvgIpc) is 3.21. The number of hydrogen-bond acceptors (Lipinski definition) is 6. The number of sulfonamides is 1. The Kier molecular flexibility index (Phi) is 6.84. The van der Waals surface area contributed by atoms with Crippen LogP contribution in [0.4, 0.5) is 11.4 Å². The van der Waals surface area contributed by atoms with Crippen molar-refractivity contribution in [2.24, 2.45) is 0 Å². The number of amides is 1. The Bertz CT molecular complexity index is 1050. The van der Waals surface area contributed by atoms with Crippen LogP contribution in [-0.2, 0) is 16.6 Å². The van der Waals surface area contributed by atoms with Crippen LogP contribution in [0, 0.1) is 0 Å². The standard InChI is InChI=1S/C20H21N3O4S2/c1-2-10-29(25,26)23-17-8-6-16(7-9-17)22-20(24)15-4-3-5-19(11-15)27-12-18-13-28-14-21-18/h3-9,11,13-14,23H,2,10,12H2,1H3,(H,22,24). The SMILES string of the molecule is CCCS(=O)(=O)Nc1ccc(NC(=O)c2cccc(OCc3cscn3)c2)cc1. The van der Waals surface area contributed by atoms with Gasteiger partial charge in [0.1, 0.15) is 12.4 Å². The molecular weight excluding hydrogens is 410 g/mol. The van der Waals surface area contributed by atoms with Crippen LogP contribution in [0.2, 0.25) is 0 Å².